The lowest BCUT2D eigenvalue weighted by molar-refractivity contribution is 0.0524. The van der Waals surface area contributed by atoms with Crippen molar-refractivity contribution in [2.45, 2.75) is 40.2 Å². The SMILES string of the molecule is CCOC(=O)c1ccc(C(=O)Nc2nc3ccccc3n2C(C)(C)C)nc1C. The fourth-order valence-electron chi connectivity index (χ4n) is 3.07. The number of nitrogens with one attached hydrogen (secondary N) is 1. The minimum absolute atomic E-state index is 0.207. The molecule has 1 amide bonds. The van der Waals surface area contributed by atoms with Crippen LogP contribution in [0.5, 0.6) is 0 Å². The van der Waals surface area contributed by atoms with Crippen molar-refractivity contribution >= 4 is 28.9 Å². The molecular weight excluding hydrogens is 356 g/mol. The van der Waals surface area contributed by atoms with E-state index in [0.717, 1.165) is 11.0 Å². The van der Waals surface area contributed by atoms with Gasteiger partial charge in [0.1, 0.15) is 5.69 Å². The number of esters is 1. The number of para-hydroxylation sites is 2. The van der Waals surface area contributed by atoms with Gasteiger partial charge in [0.05, 0.1) is 28.9 Å². The molecule has 7 nitrogen and oxygen atoms in total. The van der Waals surface area contributed by atoms with Gasteiger partial charge in [0, 0.05) is 5.54 Å². The molecule has 3 rings (SSSR count). The highest BCUT2D eigenvalue weighted by Gasteiger charge is 2.23. The van der Waals surface area contributed by atoms with Crippen LogP contribution in [0.3, 0.4) is 0 Å². The van der Waals surface area contributed by atoms with Crippen LogP contribution in [0.25, 0.3) is 11.0 Å². The molecule has 7 heteroatoms. The third-order valence-electron chi connectivity index (χ3n) is 4.27. The van der Waals surface area contributed by atoms with Crippen LogP contribution in [0.15, 0.2) is 36.4 Å². The predicted octanol–water partition coefficient (Wildman–Crippen LogP) is 3.92. The van der Waals surface area contributed by atoms with Crippen molar-refractivity contribution in [3.8, 4) is 0 Å². The molecule has 0 radical (unpaired) electrons. The van der Waals surface area contributed by atoms with Gasteiger partial charge >= 0.3 is 5.97 Å². The van der Waals surface area contributed by atoms with Crippen LogP contribution in [0.1, 0.15) is 54.2 Å². The maximum atomic E-state index is 12.8. The number of hydrogen-bond donors (Lipinski definition) is 1. The van der Waals surface area contributed by atoms with Gasteiger partial charge in [-0.05, 0) is 58.9 Å². The van der Waals surface area contributed by atoms with Gasteiger partial charge in [-0.2, -0.15) is 0 Å². The summed E-state index contributed by atoms with van der Waals surface area (Å²) >= 11 is 0. The van der Waals surface area contributed by atoms with E-state index in [9.17, 15) is 9.59 Å². The average molecular weight is 380 g/mol. The third kappa shape index (κ3) is 3.74. The number of pyridine rings is 1. The van der Waals surface area contributed by atoms with Gasteiger partial charge in [-0.15, -0.1) is 0 Å². The van der Waals surface area contributed by atoms with Gasteiger partial charge in [-0.1, -0.05) is 12.1 Å². The summed E-state index contributed by atoms with van der Waals surface area (Å²) in [6, 6.07) is 10.8. The molecule has 1 aromatic carbocycles. The van der Waals surface area contributed by atoms with E-state index in [2.05, 4.69) is 15.3 Å². The maximum Gasteiger partial charge on any atom is 0.339 e. The molecule has 0 bridgehead atoms. The molecule has 2 aromatic heterocycles. The largest absolute Gasteiger partial charge is 0.462 e. The Labute approximate surface area is 163 Å². The highest BCUT2D eigenvalue weighted by Crippen LogP contribution is 2.28. The molecule has 0 saturated heterocycles. The Balaban J connectivity index is 1.94. The topological polar surface area (TPSA) is 86.1 Å². The van der Waals surface area contributed by atoms with Gasteiger partial charge in [0.25, 0.3) is 5.91 Å². The van der Waals surface area contributed by atoms with E-state index in [0.29, 0.717) is 17.2 Å². The molecule has 0 aliphatic carbocycles. The van der Waals surface area contributed by atoms with E-state index in [1.165, 1.54) is 6.07 Å². The summed E-state index contributed by atoms with van der Waals surface area (Å²) in [4.78, 5) is 33.5. The van der Waals surface area contributed by atoms with Gasteiger partial charge in [0.2, 0.25) is 5.95 Å². The number of hydrogen-bond acceptors (Lipinski definition) is 5. The average Bonchev–Trinajstić information content (AvgIpc) is 2.99. The van der Waals surface area contributed by atoms with Crippen molar-refractivity contribution in [2.24, 2.45) is 0 Å². The zero-order valence-electron chi connectivity index (χ0n) is 16.7. The molecule has 3 aromatic rings. The van der Waals surface area contributed by atoms with E-state index < -0.39 is 5.97 Å². The number of ether oxygens (including phenoxy) is 1. The van der Waals surface area contributed by atoms with Gasteiger partial charge < -0.3 is 9.30 Å². The maximum absolute atomic E-state index is 12.8. The monoisotopic (exact) mass is 380 g/mol. The molecule has 0 aliphatic rings. The lowest BCUT2D eigenvalue weighted by atomic mass is 10.1. The van der Waals surface area contributed by atoms with Crippen LogP contribution in [-0.4, -0.2) is 33.0 Å². The molecule has 28 heavy (non-hydrogen) atoms. The second kappa shape index (κ2) is 7.42. The number of fused-ring (bicyclic) bond motifs is 1. The van der Waals surface area contributed by atoms with Crippen molar-refractivity contribution in [2.75, 3.05) is 11.9 Å². The van der Waals surface area contributed by atoms with E-state index >= 15 is 0 Å². The number of aryl methyl sites for hydroxylation is 1. The predicted molar refractivity (Wildman–Crippen MR) is 108 cm³/mol. The number of carbonyl (C=O) groups excluding carboxylic acids is 2. The summed E-state index contributed by atoms with van der Waals surface area (Å²) in [7, 11) is 0. The summed E-state index contributed by atoms with van der Waals surface area (Å²) in [6.45, 7) is 9.84. The first-order valence-corrected chi connectivity index (χ1v) is 9.16. The van der Waals surface area contributed by atoms with Crippen LogP contribution in [0, 0.1) is 6.92 Å². The highest BCUT2D eigenvalue weighted by molar-refractivity contribution is 6.03. The van der Waals surface area contributed by atoms with E-state index in [1.807, 2.05) is 49.6 Å². The Morgan fingerprint density at radius 1 is 1.11 bits per heavy atom. The first kappa shape index (κ1) is 19.5. The number of carbonyl (C=O) groups is 2. The van der Waals surface area contributed by atoms with Crippen LogP contribution in [0.2, 0.25) is 0 Å². The molecule has 0 atom stereocenters. The number of benzene rings is 1. The molecule has 146 valence electrons. The molecular formula is C21H24N4O3. The Hall–Kier alpha value is -3.22. The standard InChI is InChI=1S/C21H24N4O3/c1-6-28-19(27)14-11-12-16(22-13(14)2)18(26)24-20-23-15-9-7-8-10-17(15)25(20)21(3,4)5/h7-12H,6H2,1-5H3,(H,23,24,26). The van der Waals surface area contributed by atoms with Gasteiger partial charge in [-0.25, -0.2) is 14.8 Å². The van der Waals surface area contributed by atoms with Crippen LogP contribution < -0.4 is 5.32 Å². The Morgan fingerprint density at radius 3 is 2.46 bits per heavy atom. The number of anilines is 1. The van der Waals surface area contributed by atoms with Gasteiger partial charge in [0.15, 0.2) is 0 Å². The second-order valence-corrected chi connectivity index (χ2v) is 7.43. The normalized spacial score (nSPS) is 11.5. The smallest absolute Gasteiger partial charge is 0.339 e. The van der Waals surface area contributed by atoms with Crippen molar-refractivity contribution in [3.05, 3.63) is 53.3 Å². The fraction of sp³-hybridized carbons (Fsp3) is 0.333. The third-order valence-corrected chi connectivity index (χ3v) is 4.27. The Kier molecular flexibility index (Phi) is 5.18. The number of imidazole rings is 1. The lowest BCUT2D eigenvalue weighted by Gasteiger charge is -2.24. The van der Waals surface area contributed by atoms with E-state index in [-0.39, 0.29) is 23.7 Å². The molecule has 0 spiro atoms. The zero-order chi connectivity index (χ0) is 20.5. The zero-order valence-corrected chi connectivity index (χ0v) is 16.7. The van der Waals surface area contributed by atoms with Crippen molar-refractivity contribution in [3.63, 3.8) is 0 Å². The Bertz CT molecular complexity index is 1050. The first-order valence-electron chi connectivity index (χ1n) is 9.16. The van der Waals surface area contributed by atoms with Crippen molar-refractivity contribution < 1.29 is 14.3 Å². The highest BCUT2D eigenvalue weighted by atomic mass is 16.5. The molecule has 2 heterocycles. The summed E-state index contributed by atoms with van der Waals surface area (Å²) < 4.78 is 6.98. The van der Waals surface area contributed by atoms with E-state index in [4.69, 9.17) is 4.74 Å². The molecule has 0 saturated carbocycles. The van der Waals surface area contributed by atoms with Crippen molar-refractivity contribution in [1.29, 1.82) is 0 Å². The van der Waals surface area contributed by atoms with Crippen molar-refractivity contribution in [1.82, 2.24) is 14.5 Å². The molecule has 0 unspecified atom stereocenters. The lowest BCUT2D eigenvalue weighted by Crippen LogP contribution is -2.26. The minimum atomic E-state index is -0.450. The fourth-order valence-corrected chi connectivity index (χ4v) is 3.07. The minimum Gasteiger partial charge on any atom is -0.462 e. The number of amides is 1. The number of rotatable bonds is 4. The van der Waals surface area contributed by atoms with Crippen LogP contribution in [0.4, 0.5) is 5.95 Å². The number of aromatic nitrogens is 3. The summed E-state index contributed by atoms with van der Waals surface area (Å²) in [5, 5.41) is 2.86. The van der Waals surface area contributed by atoms with E-state index in [1.54, 1.807) is 19.9 Å². The quantitative estimate of drug-likeness (QED) is 0.693. The molecule has 1 N–H and O–H groups in total. The van der Waals surface area contributed by atoms with Crippen LogP contribution >= 0.6 is 0 Å². The molecule has 0 aliphatic heterocycles. The number of nitrogens with zero attached hydrogens (tertiary/aromatic N) is 3. The second-order valence-electron chi connectivity index (χ2n) is 7.43. The summed E-state index contributed by atoms with van der Waals surface area (Å²) in [5.41, 5.74) is 2.45. The Morgan fingerprint density at radius 2 is 1.82 bits per heavy atom. The summed E-state index contributed by atoms with van der Waals surface area (Å²) in [5.74, 6) is -0.388. The van der Waals surface area contributed by atoms with Crippen LogP contribution in [-0.2, 0) is 10.3 Å². The first-order chi connectivity index (χ1) is 13.2. The summed E-state index contributed by atoms with van der Waals surface area (Å²) in [6.07, 6.45) is 0. The molecule has 0 fully saturated rings. The van der Waals surface area contributed by atoms with Gasteiger partial charge in [-0.3, -0.25) is 10.1 Å².